The van der Waals surface area contributed by atoms with Crippen LogP contribution in [0.15, 0.2) is 34.9 Å². The summed E-state index contributed by atoms with van der Waals surface area (Å²) in [6, 6.07) is 6.45. The number of aromatic nitrogens is 3. The largest absolute Gasteiger partial charge is 0.456 e. The lowest BCUT2D eigenvalue weighted by Gasteiger charge is -2.31. The molecule has 4 N–H and O–H groups in total. The van der Waals surface area contributed by atoms with E-state index in [2.05, 4.69) is 31.6 Å². The van der Waals surface area contributed by atoms with Crippen molar-refractivity contribution in [1.82, 2.24) is 36.3 Å². The van der Waals surface area contributed by atoms with Gasteiger partial charge in [-0.25, -0.2) is 0 Å². The van der Waals surface area contributed by atoms with Crippen molar-refractivity contribution in [1.29, 1.82) is 0 Å². The molecule has 1 saturated carbocycles. The SMILES string of the molecule is Cc1oc2c(c1C(=O)NCCn1cc(CNC(=O)C(C)(C)COC(C)(C)CCNC(=O)CCC(=O)NCCCC3CCCCCCC3)nn1)C(=O)c1ccccc1C2=O. The van der Waals surface area contributed by atoms with Gasteiger partial charge in [0.05, 0.1) is 48.0 Å². The van der Waals surface area contributed by atoms with Crippen molar-refractivity contribution in [2.75, 3.05) is 26.2 Å². The molecule has 2 aliphatic carbocycles. The van der Waals surface area contributed by atoms with E-state index in [1.807, 2.05) is 13.8 Å². The molecule has 0 atom stereocenters. The third-order valence-electron chi connectivity index (χ3n) is 11.2. The Labute approximate surface area is 346 Å². The minimum atomic E-state index is -0.873. The number of nitrogens with zero attached hydrogens (tertiary/aromatic N) is 3. The fourth-order valence-corrected chi connectivity index (χ4v) is 7.51. The van der Waals surface area contributed by atoms with Crippen LogP contribution in [-0.4, -0.2) is 82.0 Å². The maximum absolute atomic E-state index is 13.2. The van der Waals surface area contributed by atoms with Gasteiger partial charge in [0.2, 0.25) is 23.5 Å². The van der Waals surface area contributed by atoms with Gasteiger partial charge in [-0.05, 0) is 59.8 Å². The van der Waals surface area contributed by atoms with Crippen LogP contribution in [0.2, 0.25) is 0 Å². The van der Waals surface area contributed by atoms with Crippen LogP contribution in [0.1, 0.15) is 159 Å². The van der Waals surface area contributed by atoms with Crippen LogP contribution in [-0.2, 0) is 32.2 Å². The standard InChI is InChI=1S/C44H61N7O8/c1-29-36(37-38(54)32-17-11-12-18-33(32)39(55)40(37)59-29)41(56)47-24-25-51-27-31(49-50-51)26-48-42(57)43(2,3)28-58-44(4,5)21-23-46-35(53)20-19-34(52)45-22-13-16-30-14-9-7-6-8-10-15-30/h11-12,17-18,27,30H,6-10,13-16,19-26,28H2,1-5H3,(H,45,52)(H,46,53)(H,47,56)(H,48,57). The average Bonchev–Trinajstić information content (AvgIpc) is 3.80. The van der Waals surface area contributed by atoms with Gasteiger partial charge in [0.25, 0.3) is 5.91 Å². The van der Waals surface area contributed by atoms with Crippen molar-refractivity contribution < 1.29 is 37.9 Å². The molecule has 2 heterocycles. The predicted octanol–water partition coefficient (Wildman–Crippen LogP) is 5.37. The Morgan fingerprint density at radius 1 is 0.847 bits per heavy atom. The minimum absolute atomic E-state index is 0.0305. The molecular weight excluding hydrogens is 755 g/mol. The van der Waals surface area contributed by atoms with Gasteiger partial charge < -0.3 is 30.4 Å². The molecule has 5 rings (SSSR count). The number of furan rings is 1. The third-order valence-corrected chi connectivity index (χ3v) is 11.2. The molecule has 1 aromatic carbocycles. The zero-order valence-corrected chi connectivity index (χ0v) is 35.3. The highest BCUT2D eigenvalue weighted by molar-refractivity contribution is 6.30. The van der Waals surface area contributed by atoms with Gasteiger partial charge in [-0.15, -0.1) is 5.10 Å². The summed E-state index contributed by atoms with van der Waals surface area (Å²) >= 11 is 0. The van der Waals surface area contributed by atoms with Crippen LogP contribution in [0.5, 0.6) is 0 Å². The Kier molecular flexibility index (Phi) is 15.7. The number of amides is 4. The quantitative estimate of drug-likeness (QED) is 0.0841. The lowest BCUT2D eigenvalue weighted by atomic mass is 9.86. The molecule has 4 amide bonds. The molecule has 3 aromatic rings. The van der Waals surface area contributed by atoms with E-state index < -0.39 is 28.5 Å². The molecule has 0 spiro atoms. The molecular formula is C44H61N7O8. The molecule has 15 heteroatoms. The Bertz CT molecular complexity index is 1970. The van der Waals surface area contributed by atoms with Gasteiger partial charge in [-0.3, -0.25) is 33.4 Å². The van der Waals surface area contributed by atoms with Crippen molar-refractivity contribution in [3.63, 3.8) is 0 Å². The zero-order chi connectivity index (χ0) is 42.6. The molecule has 59 heavy (non-hydrogen) atoms. The highest BCUT2D eigenvalue weighted by atomic mass is 16.5. The van der Waals surface area contributed by atoms with E-state index in [0.717, 1.165) is 18.8 Å². The van der Waals surface area contributed by atoms with Crippen molar-refractivity contribution in [3.05, 3.63) is 69.9 Å². The van der Waals surface area contributed by atoms with E-state index >= 15 is 0 Å². The highest BCUT2D eigenvalue weighted by Crippen LogP contribution is 2.33. The van der Waals surface area contributed by atoms with Crippen LogP contribution in [0, 0.1) is 18.3 Å². The van der Waals surface area contributed by atoms with Gasteiger partial charge >= 0.3 is 0 Å². The van der Waals surface area contributed by atoms with Gasteiger partial charge in [0.1, 0.15) is 11.5 Å². The first-order valence-electron chi connectivity index (χ1n) is 21.1. The first-order valence-corrected chi connectivity index (χ1v) is 21.1. The lowest BCUT2D eigenvalue weighted by Crippen LogP contribution is -2.42. The van der Waals surface area contributed by atoms with Crippen molar-refractivity contribution in [3.8, 4) is 0 Å². The average molecular weight is 816 g/mol. The van der Waals surface area contributed by atoms with Crippen LogP contribution in [0.25, 0.3) is 0 Å². The van der Waals surface area contributed by atoms with Gasteiger partial charge in [0, 0.05) is 43.6 Å². The van der Waals surface area contributed by atoms with Gasteiger partial charge in [0.15, 0.2) is 11.5 Å². The van der Waals surface area contributed by atoms with E-state index in [4.69, 9.17) is 9.15 Å². The highest BCUT2D eigenvalue weighted by Gasteiger charge is 2.38. The normalized spacial score (nSPS) is 14.8. The second kappa shape index (κ2) is 20.7. The summed E-state index contributed by atoms with van der Waals surface area (Å²) in [7, 11) is 0. The van der Waals surface area contributed by atoms with Crippen LogP contribution in [0.3, 0.4) is 0 Å². The second-order valence-electron chi connectivity index (χ2n) is 17.1. The molecule has 2 aliphatic rings. The van der Waals surface area contributed by atoms with Crippen LogP contribution < -0.4 is 21.3 Å². The van der Waals surface area contributed by atoms with Crippen molar-refractivity contribution in [2.45, 2.75) is 130 Å². The Balaban J connectivity index is 0.951. The summed E-state index contributed by atoms with van der Waals surface area (Å²) in [5.41, 5.74) is -0.505. The molecule has 1 fully saturated rings. The number of carbonyl (C=O) groups excluding carboxylic acids is 6. The maximum atomic E-state index is 13.2. The monoisotopic (exact) mass is 815 g/mol. The first-order chi connectivity index (χ1) is 28.1. The number of hydrogen-bond acceptors (Lipinski definition) is 10. The fourth-order valence-electron chi connectivity index (χ4n) is 7.51. The summed E-state index contributed by atoms with van der Waals surface area (Å²) in [4.78, 5) is 77.2. The van der Waals surface area contributed by atoms with Crippen molar-refractivity contribution in [2.24, 2.45) is 11.3 Å². The number of fused-ring (bicyclic) bond motifs is 2. The van der Waals surface area contributed by atoms with E-state index in [-0.39, 0.29) is 90.6 Å². The molecule has 0 aliphatic heterocycles. The van der Waals surface area contributed by atoms with E-state index in [9.17, 15) is 28.8 Å². The van der Waals surface area contributed by atoms with Gasteiger partial charge in [-0.2, -0.15) is 0 Å². The van der Waals surface area contributed by atoms with E-state index in [1.54, 1.807) is 51.2 Å². The molecule has 0 saturated heterocycles. The molecule has 0 unspecified atom stereocenters. The number of ether oxygens (including phenoxy) is 1. The number of carbonyl (C=O) groups is 6. The first kappa shape index (κ1) is 44.9. The van der Waals surface area contributed by atoms with Crippen LogP contribution in [0.4, 0.5) is 0 Å². The summed E-state index contributed by atoms with van der Waals surface area (Å²) < 4.78 is 13.3. The van der Waals surface area contributed by atoms with E-state index in [0.29, 0.717) is 25.2 Å². The lowest BCUT2D eigenvalue weighted by molar-refractivity contribution is -0.137. The molecule has 0 radical (unpaired) electrons. The summed E-state index contributed by atoms with van der Waals surface area (Å²) in [5, 5.41) is 19.7. The zero-order valence-electron chi connectivity index (χ0n) is 35.3. The maximum Gasteiger partial charge on any atom is 0.255 e. The number of aryl methyl sites for hydroxylation is 1. The second-order valence-corrected chi connectivity index (χ2v) is 17.1. The molecule has 0 bridgehead atoms. The molecule has 2 aromatic heterocycles. The van der Waals surface area contributed by atoms with Crippen LogP contribution >= 0.6 is 0 Å². The molecule has 15 nitrogen and oxygen atoms in total. The third kappa shape index (κ3) is 12.7. The Morgan fingerprint density at radius 2 is 1.49 bits per heavy atom. The van der Waals surface area contributed by atoms with Crippen molar-refractivity contribution >= 4 is 35.2 Å². The predicted molar refractivity (Wildman–Crippen MR) is 220 cm³/mol. The number of hydrogen-bond donors (Lipinski definition) is 4. The van der Waals surface area contributed by atoms with Gasteiger partial charge in [-0.1, -0.05) is 74.4 Å². The summed E-state index contributed by atoms with van der Waals surface area (Å²) in [6.07, 6.45) is 13.9. The Morgan fingerprint density at radius 3 is 2.19 bits per heavy atom. The molecule has 320 valence electrons. The number of rotatable bonds is 20. The Hall–Kier alpha value is -5.18. The minimum Gasteiger partial charge on any atom is -0.456 e. The number of benzene rings is 1. The topological polar surface area (TPSA) is 204 Å². The fraction of sp³-hybridized carbons (Fsp3) is 0.591. The van der Waals surface area contributed by atoms with E-state index in [1.165, 1.54) is 49.6 Å². The number of ketones is 2. The summed E-state index contributed by atoms with van der Waals surface area (Å²) in [5.74, 6) is -1.12. The smallest absolute Gasteiger partial charge is 0.255 e. The summed E-state index contributed by atoms with van der Waals surface area (Å²) in [6.45, 7) is 10.6. The number of nitrogens with one attached hydrogen (secondary N) is 4.